The first-order valence-electron chi connectivity index (χ1n) is 6.89. The molecule has 5 nitrogen and oxygen atoms in total. The Hall–Kier alpha value is -2.45. The average molecular weight is 417 g/mol. The van der Waals surface area contributed by atoms with Gasteiger partial charge in [0.15, 0.2) is 0 Å². The van der Waals surface area contributed by atoms with E-state index in [-0.39, 0.29) is 15.9 Å². The van der Waals surface area contributed by atoms with Crippen molar-refractivity contribution in [1.82, 2.24) is 14.8 Å². The summed E-state index contributed by atoms with van der Waals surface area (Å²) in [5.74, 6) is -1.32. The molecule has 0 saturated carbocycles. The number of nitrogens with one attached hydrogen (secondary N) is 1. The minimum atomic E-state index is -4.54. The Balaban J connectivity index is 1.83. The number of hydrogen-bond donors (Lipinski definition) is 1. The summed E-state index contributed by atoms with van der Waals surface area (Å²) in [7, 11) is 1.40. The van der Waals surface area contributed by atoms with Crippen LogP contribution < -0.4 is 5.32 Å². The summed E-state index contributed by atoms with van der Waals surface area (Å²) in [6, 6.07) is 6.42. The van der Waals surface area contributed by atoms with E-state index in [0.29, 0.717) is 4.44 Å². The van der Waals surface area contributed by atoms with Gasteiger partial charge in [-0.3, -0.25) is 0 Å². The molecule has 0 atom stereocenters. The third kappa shape index (κ3) is 3.64. The van der Waals surface area contributed by atoms with Crippen LogP contribution in [0, 0.1) is 5.82 Å². The van der Waals surface area contributed by atoms with Crippen molar-refractivity contribution in [3.63, 3.8) is 0 Å². The summed E-state index contributed by atoms with van der Waals surface area (Å²) in [5.41, 5.74) is -0.855. The first-order valence-corrected chi connectivity index (χ1v) is 8.60. The Morgan fingerprint density at radius 3 is 2.64 bits per heavy atom. The molecule has 3 rings (SSSR count). The Morgan fingerprint density at radius 2 is 2.00 bits per heavy atom. The molecule has 130 valence electrons. The van der Waals surface area contributed by atoms with Crippen molar-refractivity contribution in [3.8, 4) is 10.1 Å². The van der Waals surface area contributed by atoms with Crippen molar-refractivity contribution in [2.24, 2.45) is 7.05 Å². The normalized spacial score (nSPS) is 11.6. The molecule has 0 aliphatic carbocycles. The summed E-state index contributed by atoms with van der Waals surface area (Å²) in [6.07, 6.45) is -3.15. The van der Waals surface area contributed by atoms with Gasteiger partial charge in [0.2, 0.25) is 0 Å². The van der Waals surface area contributed by atoms with Crippen LogP contribution in [0.5, 0.6) is 0 Å². The van der Waals surface area contributed by atoms with Crippen molar-refractivity contribution in [2.75, 3.05) is 5.32 Å². The van der Waals surface area contributed by atoms with Crippen molar-refractivity contribution >= 4 is 25.1 Å². The topological polar surface area (TPSA) is 59.8 Å². The zero-order chi connectivity index (χ0) is 18.2. The SMILES string of the molecule is Cn1nc(C(F)(F)F)cc1-c1cnc(NC(=O)c2ccccc2F)[se]1. The van der Waals surface area contributed by atoms with Crippen molar-refractivity contribution in [2.45, 2.75) is 6.18 Å². The first-order chi connectivity index (χ1) is 11.8. The number of anilines is 1. The van der Waals surface area contributed by atoms with Crippen LogP contribution in [0.15, 0.2) is 36.5 Å². The molecule has 1 N–H and O–H groups in total. The molecule has 1 aromatic carbocycles. The number of hydrogen-bond acceptors (Lipinski definition) is 3. The van der Waals surface area contributed by atoms with Gasteiger partial charge in [0.05, 0.1) is 0 Å². The van der Waals surface area contributed by atoms with Crippen LogP contribution in [0.25, 0.3) is 10.1 Å². The van der Waals surface area contributed by atoms with E-state index in [1.807, 2.05) is 0 Å². The van der Waals surface area contributed by atoms with Gasteiger partial charge in [-0.2, -0.15) is 0 Å². The summed E-state index contributed by atoms with van der Waals surface area (Å²) in [5, 5.41) is 5.93. The fraction of sp³-hybridized carbons (Fsp3) is 0.133. The van der Waals surface area contributed by atoms with Gasteiger partial charge in [0.1, 0.15) is 0 Å². The zero-order valence-electron chi connectivity index (χ0n) is 12.6. The van der Waals surface area contributed by atoms with Gasteiger partial charge in [-0.15, -0.1) is 0 Å². The van der Waals surface area contributed by atoms with Crippen LogP contribution in [0.2, 0.25) is 0 Å². The summed E-state index contributed by atoms with van der Waals surface area (Å²) < 4.78 is 53.7. The number of aryl methyl sites for hydroxylation is 1. The molecule has 0 unspecified atom stereocenters. The van der Waals surface area contributed by atoms with Gasteiger partial charge >= 0.3 is 144 Å². The quantitative estimate of drug-likeness (QED) is 0.527. The Labute approximate surface area is 145 Å². The van der Waals surface area contributed by atoms with Gasteiger partial charge < -0.3 is 0 Å². The van der Waals surface area contributed by atoms with Gasteiger partial charge in [-0.1, -0.05) is 0 Å². The Kier molecular flexibility index (Phi) is 4.49. The number of rotatable bonds is 3. The number of nitrogens with zero attached hydrogens (tertiary/aromatic N) is 3. The molecule has 0 saturated heterocycles. The van der Waals surface area contributed by atoms with E-state index in [1.165, 1.54) is 31.4 Å². The standard InChI is InChI=1S/C15H10F4N4OSe/c1-23-10(6-12(22-23)15(17,18)19)11-7-20-14(25-11)21-13(24)8-4-2-3-5-9(8)16/h2-7H,1H3,(H,20,21,24). The predicted molar refractivity (Wildman–Crippen MR) is 82.7 cm³/mol. The molecular weight excluding hydrogens is 407 g/mol. The third-order valence-corrected chi connectivity index (χ3v) is 5.23. The van der Waals surface area contributed by atoms with Crippen LogP contribution in [0.4, 0.5) is 22.3 Å². The van der Waals surface area contributed by atoms with E-state index in [0.717, 1.165) is 16.8 Å². The Morgan fingerprint density at radius 1 is 1.28 bits per heavy atom. The van der Waals surface area contributed by atoms with Crippen LogP contribution in [0.3, 0.4) is 0 Å². The number of aromatic nitrogens is 3. The fourth-order valence-corrected chi connectivity index (χ4v) is 3.90. The van der Waals surface area contributed by atoms with Gasteiger partial charge in [-0.25, -0.2) is 0 Å². The number of carbonyl (C=O) groups is 1. The molecular formula is C15H10F4N4OSe. The van der Waals surface area contributed by atoms with E-state index >= 15 is 0 Å². The molecule has 0 fully saturated rings. The molecule has 10 heteroatoms. The van der Waals surface area contributed by atoms with E-state index in [2.05, 4.69) is 15.4 Å². The van der Waals surface area contributed by atoms with Crippen LogP contribution in [-0.4, -0.2) is 35.2 Å². The van der Waals surface area contributed by atoms with Gasteiger partial charge in [0.25, 0.3) is 0 Å². The van der Waals surface area contributed by atoms with Crippen LogP contribution >= 0.6 is 0 Å². The van der Waals surface area contributed by atoms with Gasteiger partial charge in [-0.05, 0) is 0 Å². The van der Waals surface area contributed by atoms with Crippen molar-refractivity contribution in [1.29, 1.82) is 0 Å². The number of halogens is 4. The minimum absolute atomic E-state index is 0.130. The van der Waals surface area contributed by atoms with Crippen molar-refractivity contribution < 1.29 is 22.4 Å². The van der Waals surface area contributed by atoms with E-state index in [1.54, 1.807) is 0 Å². The van der Waals surface area contributed by atoms with E-state index < -0.39 is 38.1 Å². The molecule has 0 aliphatic rings. The zero-order valence-corrected chi connectivity index (χ0v) is 14.3. The second-order valence-electron chi connectivity index (χ2n) is 5.00. The molecule has 0 aliphatic heterocycles. The maximum absolute atomic E-state index is 13.6. The first kappa shape index (κ1) is 17.4. The molecule has 1 amide bonds. The van der Waals surface area contributed by atoms with Gasteiger partial charge in [0, 0.05) is 0 Å². The summed E-state index contributed by atoms with van der Waals surface area (Å²) in [4.78, 5) is 16.1. The van der Waals surface area contributed by atoms with E-state index in [4.69, 9.17) is 0 Å². The molecule has 25 heavy (non-hydrogen) atoms. The third-order valence-electron chi connectivity index (χ3n) is 3.27. The predicted octanol–water partition coefficient (Wildman–Crippen LogP) is 2.95. The second kappa shape index (κ2) is 6.45. The second-order valence-corrected chi connectivity index (χ2v) is 7.16. The molecule has 0 spiro atoms. The summed E-state index contributed by atoms with van der Waals surface area (Å²) >= 11 is -0.530. The molecule has 2 aromatic heterocycles. The molecule has 3 aromatic rings. The number of amides is 1. The monoisotopic (exact) mass is 418 g/mol. The van der Waals surface area contributed by atoms with Crippen molar-refractivity contribution in [3.05, 3.63) is 53.6 Å². The van der Waals surface area contributed by atoms with E-state index in [9.17, 15) is 22.4 Å². The number of benzene rings is 1. The number of alkyl halides is 3. The molecule has 0 radical (unpaired) electrons. The maximum atomic E-state index is 13.6. The number of carbonyl (C=O) groups excluding carboxylic acids is 1. The summed E-state index contributed by atoms with van der Waals surface area (Å²) in [6.45, 7) is 0. The molecule has 0 bridgehead atoms. The fourth-order valence-electron chi connectivity index (χ4n) is 2.10. The van der Waals surface area contributed by atoms with Crippen LogP contribution in [0.1, 0.15) is 16.1 Å². The average Bonchev–Trinajstić information content (AvgIpc) is 3.13. The molecule has 2 heterocycles. The van der Waals surface area contributed by atoms with Crippen LogP contribution in [-0.2, 0) is 13.2 Å². The Bertz CT molecular complexity index is 932.